The molecular formula is C16H11N3O2S2. The molecule has 1 aromatic heterocycles. The van der Waals surface area contributed by atoms with Crippen molar-refractivity contribution in [2.45, 2.75) is 4.90 Å². The van der Waals surface area contributed by atoms with Crippen molar-refractivity contribution in [1.82, 2.24) is 9.55 Å². The Kier molecular flexibility index (Phi) is 3.32. The molecule has 0 saturated carbocycles. The highest BCUT2D eigenvalue weighted by Gasteiger charge is 2.16. The summed E-state index contributed by atoms with van der Waals surface area (Å²) in [4.78, 5) is 28.4. The molecule has 1 amide bonds. The second-order valence-corrected chi connectivity index (χ2v) is 6.54. The number of thioether (sulfide) groups is 1. The van der Waals surface area contributed by atoms with Crippen LogP contribution in [0.5, 0.6) is 0 Å². The Balaban J connectivity index is 1.96. The molecule has 114 valence electrons. The Morgan fingerprint density at radius 2 is 1.96 bits per heavy atom. The molecule has 23 heavy (non-hydrogen) atoms. The van der Waals surface area contributed by atoms with Crippen LogP contribution < -0.4 is 10.9 Å². The molecule has 1 aliphatic heterocycles. The average molecular weight is 341 g/mol. The second-order valence-electron chi connectivity index (χ2n) is 5.13. The summed E-state index contributed by atoms with van der Waals surface area (Å²) in [5, 5.41) is 3.39. The highest BCUT2D eigenvalue weighted by Crippen LogP contribution is 2.32. The summed E-state index contributed by atoms with van der Waals surface area (Å²) >= 11 is 6.82. The Labute approximate surface area is 140 Å². The van der Waals surface area contributed by atoms with Gasteiger partial charge in [0.2, 0.25) is 5.91 Å². The van der Waals surface area contributed by atoms with Crippen LogP contribution in [0.25, 0.3) is 16.6 Å². The summed E-state index contributed by atoms with van der Waals surface area (Å²) in [6, 6.07) is 12.8. The fourth-order valence-electron chi connectivity index (χ4n) is 2.61. The molecule has 0 saturated heterocycles. The van der Waals surface area contributed by atoms with Gasteiger partial charge in [0.05, 0.1) is 28.0 Å². The molecule has 0 unspecified atom stereocenters. The van der Waals surface area contributed by atoms with Gasteiger partial charge in [0.25, 0.3) is 5.56 Å². The Morgan fingerprint density at radius 1 is 1.13 bits per heavy atom. The third kappa shape index (κ3) is 2.38. The standard InChI is InChI=1S/C16H11N3O2S2/c20-14-8-23-13-6-5-9(7-12(13)17-14)19-15(21)10-3-1-2-4-11(10)18-16(19)22/h1-7H,8H2,(H,17,20)(H,18,22). The highest BCUT2D eigenvalue weighted by atomic mass is 32.2. The Morgan fingerprint density at radius 3 is 2.83 bits per heavy atom. The Bertz CT molecular complexity index is 1070. The zero-order valence-electron chi connectivity index (χ0n) is 11.8. The fraction of sp³-hybridized carbons (Fsp3) is 0.0625. The molecule has 5 nitrogen and oxygen atoms in total. The minimum atomic E-state index is -0.181. The van der Waals surface area contributed by atoms with Gasteiger partial charge < -0.3 is 10.3 Å². The predicted molar refractivity (Wildman–Crippen MR) is 94.1 cm³/mol. The van der Waals surface area contributed by atoms with Gasteiger partial charge in [0.15, 0.2) is 4.77 Å². The van der Waals surface area contributed by atoms with Gasteiger partial charge in [-0.05, 0) is 42.5 Å². The van der Waals surface area contributed by atoms with Crippen molar-refractivity contribution in [3.63, 3.8) is 0 Å². The number of aromatic amines is 1. The SMILES string of the molecule is O=C1CSc2ccc(-n3c(=S)[nH]c4ccccc4c3=O)cc2N1. The van der Waals surface area contributed by atoms with Gasteiger partial charge in [0.1, 0.15) is 0 Å². The highest BCUT2D eigenvalue weighted by molar-refractivity contribution is 8.00. The van der Waals surface area contributed by atoms with Gasteiger partial charge >= 0.3 is 0 Å². The second kappa shape index (κ2) is 5.36. The molecule has 1 aliphatic rings. The minimum Gasteiger partial charge on any atom is -0.331 e. The molecule has 2 aromatic carbocycles. The molecule has 2 N–H and O–H groups in total. The van der Waals surface area contributed by atoms with Crippen LogP contribution in [0.3, 0.4) is 0 Å². The number of nitrogens with one attached hydrogen (secondary N) is 2. The summed E-state index contributed by atoms with van der Waals surface area (Å²) in [6.45, 7) is 0. The average Bonchev–Trinajstić information content (AvgIpc) is 2.54. The number of carbonyl (C=O) groups excluding carboxylic acids is 1. The zero-order valence-corrected chi connectivity index (χ0v) is 13.5. The fourth-order valence-corrected chi connectivity index (χ4v) is 3.69. The van der Waals surface area contributed by atoms with Crippen molar-refractivity contribution in [2.75, 3.05) is 11.1 Å². The number of fused-ring (bicyclic) bond motifs is 2. The van der Waals surface area contributed by atoms with Crippen molar-refractivity contribution in [2.24, 2.45) is 0 Å². The molecule has 0 radical (unpaired) electrons. The van der Waals surface area contributed by atoms with E-state index in [1.165, 1.54) is 16.3 Å². The lowest BCUT2D eigenvalue weighted by atomic mass is 10.2. The maximum atomic E-state index is 12.8. The number of hydrogen-bond acceptors (Lipinski definition) is 4. The lowest BCUT2D eigenvalue weighted by Crippen LogP contribution is -2.22. The van der Waals surface area contributed by atoms with Crippen LogP contribution >= 0.6 is 24.0 Å². The zero-order chi connectivity index (χ0) is 16.0. The van der Waals surface area contributed by atoms with Gasteiger partial charge in [-0.3, -0.25) is 14.2 Å². The van der Waals surface area contributed by atoms with Crippen molar-refractivity contribution >= 4 is 46.5 Å². The van der Waals surface area contributed by atoms with Gasteiger partial charge in [-0.2, -0.15) is 0 Å². The minimum absolute atomic E-state index is 0.0457. The van der Waals surface area contributed by atoms with E-state index in [0.717, 1.165) is 4.90 Å². The van der Waals surface area contributed by atoms with E-state index in [-0.39, 0.29) is 11.5 Å². The summed E-state index contributed by atoms with van der Waals surface area (Å²) in [5.41, 5.74) is 1.86. The summed E-state index contributed by atoms with van der Waals surface area (Å²) in [6.07, 6.45) is 0. The number of para-hydroxylation sites is 1. The van der Waals surface area contributed by atoms with Gasteiger partial charge in [-0.25, -0.2) is 0 Å². The lowest BCUT2D eigenvalue weighted by Gasteiger charge is -2.17. The number of anilines is 1. The predicted octanol–water partition coefficient (Wildman–Crippen LogP) is 3.09. The molecule has 4 rings (SSSR count). The largest absolute Gasteiger partial charge is 0.331 e. The van der Waals surface area contributed by atoms with Crippen LogP contribution in [0.1, 0.15) is 0 Å². The normalized spacial score (nSPS) is 13.7. The van der Waals surface area contributed by atoms with Crippen molar-refractivity contribution in [1.29, 1.82) is 0 Å². The number of benzene rings is 2. The molecule has 0 aliphatic carbocycles. The van der Waals surface area contributed by atoms with E-state index < -0.39 is 0 Å². The Hall–Kier alpha value is -2.38. The van der Waals surface area contributed by atoms with E-state index in [0.29, 0.717) is 32.8 Å². The number of aromatic nitrogens is 2. The van der Waals surface area contributed by atoms with Crippen molar-refractivity contribution < 1.29 is 4.79 Å². The third-order valence-electron chi connectivity index (χ3n) is 3.66. The van der Waals surface area contributed by atoms with Crippen LogP contribution in [-0.4, -0.2) is 21.2 Å². The third-order valence-corrected chi connectivity index (χ3v) is 5.02. The topological polar surface area (TPSA) is 66.9 Å². The van der Waals surface area contributed by atoms with Gasteiger partial charge in [-0.15, -0.1) is 11.8 Å². The van der Waals surface area contributed by atoms with Crippen LogP contribution in [-0.2, 0) is 4.79 Å². The molecular weight excluding hydrogens is 330 g/mol. The molecule has 7 heteroatoms. The first-order chi connectivity index (χ1) is 11.1. The van der Waals surface area contributed by atoms with E-state index in [1.807, 2.05) is 30.3 Å². The van der Waals surface area contributed by atoms with E-state index in [4.69, 9.17) is 12.2 Å². The summed E-state index contributed by atoms with van der Waals surface area (Å²) < 4.78 is 1.77. The maximum absolute atomic E-state index is 12.8. The number of rotatable bonds is 1. The summed E-state index contributed by atoms with van der Waals surface area (Å²) in [5.74, 6) is 0.359. The first kappa shape index (κ1) is 14.2. The van der Waals surface area contributed by atoms with Gasteiger partial charge in [0, 0.05) is 4.90 Å². The molecule has 2 heterocycles. The van der Waals surface area contributed by atoms with E-state index in [2.05, 4.69) is 10.3 Å². The first-order valence-electron chi connectivity index (χ1n) is 6.94. The maximum Gasteiger partial charge on any atom is 0.266 e. The van der Waals surface area contributed by atoms with Crippen LogP contribution in [0.15, 0.2) is 52.2 Å². The first-order valence-corrected chi connectivity index (χ1v) is 8.34. The molecule has 0 fully saturated rings. The van der Waals surface area contributed by atoms with Gasteiger partial charge in [-0.1, -0.05) is 12.1 Å². The quantitative estimate of drug-likeness (QED) is 0.668. The number of hydrogen-bond donors (Lipinski definition) is 2. The van der Waals surface area contributed by atoms with Crippen LogP contribution in [0.2, 0.25) is 0 Å². The smallest absolute Gasteiger partial charge is 0.266 e. The molecule has 3 aromatic rings. The van der Waals surface area contributed by atoms with E-state index in [9.17, 15) is 9.59 Å². The number of carbonyl (C=O) groups is 1. The molecule has 0 bridgehead atoms. The molecule has 0 spiro atoms. The number of H-pyrrole nitrogens is 1. The van der Waals surface area contributed by atoms with E-state index in [1.54, 1.807) is 12.1 Å². The molecule has 0 atom stereocenters. The number of nitrogens with zero attached hydrogens (tertiary/aromatic N) is 1. The number of amides is 1. The van der Waals surface area contributed by atoms with Crippen LogP contribution in [0.4, 0.5) is 5.69 Å². The van der Waals surface area contributed by atoms with Crippen molar-refractivity contribution in [3.8, 4) is 5.69 Å². The van der Waals surface area contributed by atoms with Crippen LogP contribution in [0, 0.1) is 4.77 Å². The monoisotopic (exact) mass is 341 g/mol. The van der Waals surface area contributed by atoms with E-state index >= 15 is 0 Å². The lowest BCUT2D eigenvalue weighted by molar-refractivity contribution is -0.113. The summed E-state index contributed by atoms with van der Waals surface area (Å²) in [7, 11) is 0. The van der Waals surface area contributed by atoms with Crippen molar-refractivity contribution in [3.05, 3.63) is 57.6 Å².